The van der Waals surface area contributed by atoms with Gasteiger partial charge in [0.15, 0.2) is 11.8 Å². The quantitative estimate of drug-likeness (QED) is 0.266. The summed E-state index contributed by atoms with van der Waals surface area (Å²) < 4.78 is 16.7. The van der Waals surface area contributed by atoms with E-state index in [4.69, 9.17) is 13.7 Å². The van der Waals surface area contributed by atoms with Crippen molar-refractivity contribution in [3.8, 4) is 0 Å². The number of rotatable bonds is 8. The van der Waals surface area contributed by atoms with Gasteiger partial charge in [-0.25, -0.2) is 4.99 Å². The van der Waals surface area contributed by atoms with Crippen LogP contribution in [0.4, 0.5) is 0 Å². The highest BCUT2D eigenvalue weighted by Gasteiger charge is 2.14. The molecule has 2 N–H and O–H groups in total. The van der Waals surface area contributed by atoms with E-state index in [1.165, 1.54) is 0 Å². The maximum absolute atomic E-state index is 5.93. The van der Waals surface area contributed by atoms with Gasteiger partial charge in [-0.1, -0.05) is 23.4 Å². The predicted octanol–water partition coefficient (Wildman–Crippen LogP) is 4.10. The van der Waals surface area contributed by atoms with Gasteiger partial charge in [0.25, 0.3) is 0 Å². The summed E-state index contributed by atoms with van der Waals surface area (Å²) in [5.41, 5.74) is 1.99. The van der Waals surface area contributed by atoms with Crippen molar-refractivity contribution >= 4 is 40.9 Å². The summed E-state index contributed by atoms with van der Waals surface area (Å²) in [5.74, 6) is 2.52. The van der Waals surface area contributed by atoms with Crippen LogP contribution < -0.4 is 10.6 Å². The molecule has 0 aliphatic heterocycles. The Morgan fingerprint density at radius 2 is 2.03 bits per heavy atom. The molecule has 158 valence electrons. The van der Waals surface area contributed by atoms with Gasteiger partial charge in [0.2, 0.25) is 5.89 Å². The minimum absolute atomic E-state index is 0. The number of furan rings is 1. The summed E-state index contributed by atoms with van der Waals surface area (Å²) in [4.78, 5) is 8.97. The normalized spacial score (nSPS) is 12.6. The molecule has 0 saturated carbocycles. The number of fused-ring (bicyclic) bond motifs is 1. The predicted molar refractivity (Wildman–Crippen MR) is 122 cm³/mol. The Hall–Kier alpha value is -2.14. The number of aryl methyl sites for hydroxylation is 1. The number of aliphatic imine (C=N–C) groups is 1. The number of halogens is 1. The van der Waals surface area contributed by atoms with Crippen LogP contribution in [0.3, 0.4) is 0 Å². The Morgan fingerprint density at radius 3 is 2.76 bits per heavy atom. The second-order valence-corrected chi connectivity index (χ2v) is 6.34. The molecule has 3 rings (SSSR count). The van der Waals surface area contributed by atoms with Crippen molar-refractivity contribution in [2.24, 2.45) is 4.99 Å². The number of nitrogens with one attached hydrogen (secondary N) is 2. The highest BCUT2D eigenvalue weighted by molar-refractivity contribution is 14.0. The first-order valence-electron chi connectivity index (χ1n) is 9.55. The number of hydrogen-bond acceptors (Lipinski definition) is 6. The number of ether oxygens (including phenoxy) is 1. The number of para-hydroxylation sites is 1. The molecule has 0 aliphatic carbocycles. The van der Waals surface area contributed by atoms with Crippen LogP contribution in [0.1, 0.15) is 49.9 Å². The van der Waals surface area contributed by atoms with E-state index in [-0.39, 0.29) is 30.1 Å². The molecule has 0 spiro atoms. The molecule has 0 radical (unpaired) electrons. The van der Waals surface area contributed by atoms with Crippen molar-refractivity contribution in [3.05, 3.63) is 47.3 Å². The van der Waals surface area contributed by atoms with E-state index >= 15 is 0 Å². The minimum atomic E-state index is -0.194. The van der Waals surface area contributed by atoms with Crippen molar-refractivity contribution in [2.75, 3.05) is 13.2 Å². The third-order valence-electron chi connectivity index (χ3n) is 4.34. The molecule has 0 amide bonds. The van der Waals surface area contributed by atoms with Gasteiger partial charge in [-0.3, -0.25) is 0 Å². The Balaban J connectivity index is 0.00000300. The maximum atomic E-state index is 5.93. The van der Waals surface area contributed by atoms with Crippen LogP contribution in [0, 0.1) is 6.92 Å². The summed E-state index contributed by atoms with van der Waals surface area (Å²) in [6, 6.07) is 8.00. The Labute approximate surface area is 187 Å². The van der Waals surface area contributed by atoms with Crippen LogP contribution in [-0.2, 0) is 17.8 Å². The number of benzene rings is 1. The third-order valence-corrected chi connectivity index (χ3v) is 4.34. The Morgan fingerprint density at radius 1 is 1.24 bits per heavy atom. The van der Waals surface area contributed by atoms with E-state index in [1.54, 1.807) is 0 Å². The maximum Gasteiger partial charge on any atom is 0.246 e. The molecule has 9 heteroatoms. The highest BCUT2D eigenvalue weighted by Crippen LogP contribution is 2.25. The lowest BCUT2D eigenvalue weighted by atomic mass is 10.1. The van der Waals surface area contributed by atoms with Crippen LogP contribution in [0.15, 0.2) is 38.2 Å². The summed E-state index contributed by atoms with van der Waals surface area (Å²) in [7, 11) is 0. The van der Waals surface area contributed by atoms with Gasteiger partial charge < -0.3 is 24.3 Å². The number of hydrogen-bond donors (Lipinski definition) is 2. The lowest BCUT2D eigenvalue weighted by Gasteiger charge is -2.09. The first kappa shape index (κ1) is 23.1. The molecule has 0 bridgehead atoms. The van der Waals surface area contributed by atoms with Gasteiger partial charge >= 0.3 is 0 Å². The Kier molecular flexibility index (Phi) is 8.90. The summed E-state index contributed by atoms with van der Waals surface area (Å²) >= 11 is 0. The molecule has 1 aromatic carbocycles. The second kappa shape index (κ2) is 11.1. The molecule has 1 atom stereocenters. The lowest BCUT2D eigenvalue weighted by Crippen LogP contribution is -2.36. The molecule has 0 aliphatic rings. The molecular formula is C20H28IN5O3. The topological polar surface area (TPSA) is 97.7 Å². The zero-order chi connectivity index (χ0) is 19.9. The summed E-state index contributed by atoms with van der Waals surface area (Å²) in [6.45, 7) is 10.0. The molecule has 29 heavy (non-hydrogen) atoms. The number of guanidine groups is 1. The zero-order valence-electron chi connectivity index (χ0n) is 17.2. The van der Waals surface area contributed by atoms with Crippen LogP contribution in [0.2, 0.25) is 0 Å². The number of aromatic nitrogens is 2. The van der Waals surface area contributed by atoms with Gasteiger partial charge in [0, 0.05) is 24.1 Å². The first-order valence-corrected chi connectivity index (χ1v) is 9.55. The third kappa shape index (κ3) is 5.92. The van der Waals surface area contributed by atoms with E-state index in [9.17, 15) is 0 Å². The molecule has 0 fully saturated rings. The molecule has 0 saturated heterocycles. The van der Waals surface area contributed by atoms with Crippen LogP contribution in [-0.4, -0.2) is 29.3 Å². The van der Waals surface area contributed by atoms with Gasteiger partial charge in [-0.2, -0.15) is 4.98 Å². The van der Waals surface area contributed by atoms with E-state index in [0.717, 1.165) is 28.8 Å². The second-order valence-electron chi connectivity index (χ2n) is 6.34. The van der Waals surface area contributed by atoms with Gasteiger partial charge in [-0.05, 0) is 33.8 Å². The smallest absolute Gasteiger partial charge is 0.246 e. The van der Waals surface area contributed by atoms with Crippen molar-refractivity contribution in [1.82, 2.24) is 20.8 Å². The van der Waals surface area contributed by atoms with E-state index in [2.05, 4.69) is 38.8 Å². The average Bonchev–Trinajstić information content (AvgIpc) is 3.30. The van der Waals surface area contributed by atoms with Gasteiger partial charge in [0.1, 0.15) is 24.0 Å². The summed E-state index contributed by atoms with van der Waals surface area (Å²) in [6.07, 6.45) is -0.194. The largest absolute Gasteiger partial charge is 0.459 e. The van der Waals surface area contributed by atoms with E-state index in [0.29, 0.717) is 37.4 Å². The first-order chi connectivity index (χ1) is 13.6. The SMILES string of the molecule is CCNC(=NCc1oc2ccccc2c1C)NCc1nc(C(C)OCC)no1.I. The molecule has 8 nitrogen and oxygen atoms in total. The van der Waals surface area contributed by atoms with E-state index in [1.807, 2.05) is 39.0 Å². The fourth-order valence-corrected chi connectivity index (χ4v) is 2.86. The van der Waals surface area contributed by atoms with Crippen molar-refractivity contribution in [2.45, 2.75) is 46.9 Å². The van der Waals surface area contributed by atoms with Crippen molar-refractivity contribution in [1.29, 1.82) is 0 Å². The van der Waals surface area contributed by atoms with Crippen molar-refractivity contribution < 1.29 is 13.7 Å². The van der Waals surface area contributed by atoms with E-state index < -0.39 is 0 Å². The fraction of sp³-hybridized carbons (Fsp3) is 0.450. The van der Waals surface area contributed by atoms with Crippen LogP contribution in [0.5, 0.6) is 0 Å². The lowest BCUT2D eigenvalue weighted by molar-refractivity contribution is 0.0683. The monoisotopic (exact) mass is 513 g/mol. The average molecular weight is 513 g/mol. The highest BCUT2D eigenvalue weighted by atomic mass is 127. The molecule has 2 aromatic heterocycles. The van der Waals surface area contributed by atoms with Gasteiger partial charge in [-0.15, -0.1) is 24.0 Å². The van der Waals surface area contributed by atoms with Crippen molar-refractivity contribution in [3.63, 3.8) is 0 Å². The number of nitrogens with zero attached hydrogens (tertiary/aromatic N) is 3. The fourth-order valence-electron chi connectivity index (χ4n) is 2.86. The summed E-state index contributed by atoms with van der Waals surface area (Å²) in [5, 5.41) is 11.5. The standard InChI is InChI=1S/C20H27N5O3.HI/c1-5-21-20(23-12-18-24-19(25-28-18)14(4)26-6-2)22-11-17-13(3)15-9-7-8-10-16(15)27-17;/h7-10,14H,5-6,11-12H2,1-4H3,(H2,21,22,23);1H. The van der Waals surface area contributed by atoms with Gasteiger partial charge in [0.05, 0.1) is 6.54 Å². The molecular weight excluding hydrogens is 485 g/mol. The molecule has 3 aromatic rings. The minimum Gasteiger partial charge on any atom is -0.459 e. The Bertz CT molecular complexity index is 937. The van der Waals surface area contributed by atoms with Crippen LogP contribution in [0.25, 0.3) is 11.0 Å². The van der Waals surface area contributed by atoms with Crippen LogP contribution >= 0.6 is 24.0 Å². The zero-order valence-corrected chi connectivity index (χ0v) is 19.5. The molecule has 2 heterocycles. The molecule has 1 unspecified atom stereocenters.